The number of ether oxygens (including phenoxy) is 2. The fraction of sp³-hybridized carbons (Fsp3) is 0.788. The Kier molecular flexibility index (Phi) is 21.7. The average Bonchev–Trinajstić information content (AvgIpc) is 2.93. The quantitative estimate of drug-likeness (QED) is 0.0927. The molecule has 0 aliphatic heterocycles. The van der Waals surface area contributed by atoms with Crippen molar-refractivity contribution in [2.45, 2.75) is 162 Å². The molecule has 0 amide bonds. The second-order valence-corrected chi connectivity index (χ2v) is 10.8. The predicted octanol–water partition coefficient (Wildman–Crippen LogP) is 10.0. The molecule has 218 valence electrons. The first-order valence-corrected chi connectivity index (χ1v) is 16.0. The van der Waals surface area contributed by atoms with Crippen LogP contribution in [0.4, 0.5) is 0 Å². The highest BCUT2D eigenvalue weighted by Crippen LogP contribution is 2.15. The number of pyridine rings is 1. The maximum Gasteiger partial charge on any atom is 0.357 e. The Morgan fingerprint density at radius 2 is 1.08 bits per heavy atom. The van der Waals surface area contributed by atoms with Crippen molar-refractivity contribution in [2.75, 3.05) is 6.61 Å². The van der Waals surface area contributed by atoms with E-state index in [-0.39, 0.29) is 17.5 Å². The number of hydrogen-bond donors (Lipinski definition) is 0. The van der Waals surface area contributed by atoms with E-state index in [2.05, 4.69) is 25.8 Å². The van der Waals surface area contributed by atoms with Gasteiger partial charge < -0.3 is 9.47 Å². The molecule has 0 bridgehead atoms. The molecule has 5 heteroatoms. The van der Waals surface area contributed by atoms with Gasteiger partial charge in [-0.25, -0.2) is 14.6 Å². The number of carbonyl (C=O) groups excluding carboxylic acids is 2. The molecule has 0 spiro atoms. The normalized spacial score (nSPS) is 11.9. The number of hydrogen-bond acceptors (Lipinski definition) is 5. The van der Waals surface area contributed by atoms with Crippen LogP contribution < -0.4 is 0 Å². The van der Waals surface area contributed by atoms with Crippen LogP contribution in [0.2, 0.25) is 0 Å². The zero-order valence-electron chi connectivity index (χ0n) is 24.9. The molecule has 1 heterocycles. The van der Waals surface area contributed by atoms with Gasteiger partial charge in [0.05, 0.1) is 6.61 Å². The van der Waals surface area contributed by atoms with Gasteiger partial charge >= 0.3 is 11.9 Å². The Morgan fingerprint density at radius 1 is 0.605 bits per heavy atom. The smallest absolute Gasteiger partial charge is 0.357 e. The zero-order chi connectivity index (χ0) is 27.7. The Morgan fingerprint density at radius 3 is 1.58 bits per heavy atom. The maximum atomic E-state index is 12.6. The lowest BCUT2D eigenvalue weighted by molar-refractivity contribution is 0.0247. The van der Waals surface area contributed by atoms with Gasteiger partial charge in [-0.2, -0.15) is 0 Å². The van der Waals surface area contributed by atoms with Gasteiger partial charge in [0.1, 0.15) is 17.5 Å². The second kappa shape index (κ2) is 24.2. The summed E-state index contributed by atoms with van der Waals surface area (Å²) < 4.78 is 11.1. The number of unbranched alkanes of at least 4 members (excludes halogenated alkanes) is 16. The molecular formula is C33H57NO4. The maximum absolute atomic E-state index is 12.6. The minimum Gasteiger partial charge on any atom is -0.461 e. The number of rotatable bonds is 25. The van der Waals surface area contributed by atoms with Gasteiger partial charge in [-0.1, -0.05) is 142 Å². The van der Waals surface area contributed by atoms with Crippen LogP contribution in [0.15, 0.2) is 18.2 Å². The van der Waals surface area contributed by atoms with Crippen LogP contribution in [-0.2, 0) is 9.47 Å². The van der Waals surface area contributed by atoms with Crippen molar-refractivity contribution >= 4 is 11.9 Å². The van der Waals surface area contributed by atoms with Crippen molar-refractivity contribution in [1.82, 2.24) is 4.98 Å². The molecule has 0 radical (unpaired) electrons. The molecule has 0 N–H and O–H groups in total. The Hall–Kier alpha value is -1.91. The van der Waals surface area contributed by atoms with Crippen LogP contribution >= 0.6 is 0 Å². The molecule has 0 fully saturated rings. The molecule has 0 aliphatic carbocycles. The van der Waals surface area contributed by atoms with Gasteiger partial charge in [0.2, 0.25) is 0 Å². The van der Waals surface area contributed by atoms with E-state index >= 15 is 0 Å². The summed E-state index contributed by atoms with van der Waals surface area (Å²) in [7, 11) is 0. The van der Waals surface area contributed by atoms with Crippen LogP contribution in [0.25, 0.3) is 0 Å². The summed E-state index contributed by atoms with van der Waals surface area (Å²) in [4.78, 5) is 29.2. The van der Waals surface area contributed by atoms with Crippen LogP contribution in [0, 0.1) is 0 Å². The summed E-state index contributed by atoms with van der Waals surface area (Å²) in [6.45, 7) is 6.88. The van der Waals surface area contributed by atoms with E-state index in [1.165, 1.54) is 89.9 Å². The highest BCUT2D eigenvalue weighted by molar-refractivity contribution is 5.91. The first-order valence-electron chi connectivity index (χ1n) is 16.0. The highest BCUT2D eigenvalue weighted by atomic mass is 16.5. The fourth-order valence-corrected chi connectivity index (χ4v) is 4.78. The van der Waals surface area contributed by atoms with E-state index in [1.54, 1.807) is 18.2 Å². The second-order valence-electron chi connectivity index (χ2n) is 10.8. The minimum atomic E-state index is -0.475. The van der Waals surface area contributed by atoms with E-state index in [0.717, 1.165) is 44.9 Å². The van der Waals surface area contributed by atoms with E-state index in [4.69, 9.17) is 9.47 Å². The topological polar surface area (TPSA) is 65.5 Å². The Labute approximate surface area is 233 Å². The van der Waals surface area contributed by atoms with Crippen LogP contribution in [0.1, 0.15) is 177 Å². The summed E-state index contributed by atoms with van der Waals surface area (Å²) in [5.74, 6) is -0.941. The average molecular weight is 532 g/mol. The third-order valence-electron chi connectivity index (χ3n) is 7.16. The number of aromatic nitrogens is 1. The van der Waals surface area contributed by atoms with Crippen LogP contribution in [0.3, 0.4) is 0 Å². The van der Waals surface area contributed by atoms with Crippen molar-refractivity contribution < 1.29 is 19.1 Å². The SMILES string of the molecule is CCCCCCCCCCCCCCCCCCOC(=O)c1cccc(C(=O)OC(CCC)CCCC)n1. The molecule has 38 heavy (non-hydrogen) atoms. The molecule has 1 aromatic heterocycles. The summed E-state index contributed by atoms with van der Waals surface area (Å²) in [6, 6.07) is 4.85. The molecule has 1 rings (SSSR count). The lowest BCUT2D eigenvalue weighted by atomic mass is 10.0. The van der Waals surface area contributed by atoms with Crippen LogP contribution in [0.5, 0.6) is 0 Å². The third kappa shape index (κ3) is 17.6. The summed E-state index contributed by atoms with van der Waals surface area (Å²) >= 11 is 0. The minimum absolute atomic E-state index is 0.0974. The fourth-order valence-electron chi connectivity index (χ4n) is 4.78. The van der Waals surface area contributed by atoms with Crippen molar-refractivity contribution in [1.29, 1.82) is 0 Å². The summed E-state index contributed by atoms with van der Waals surface area (Å²) in [5.41, 5.74) is 0.330. The molecule has 0 aromatic carbocycles. The lowest BCUT2D eigenvalue weighted by Gasteiger charge is -2.16. The van der Waals surface area contributed by atoms with Gasteiger partial charge in [-0.3, -0.25) is 0 Å². The Bertz CT molecular complexity index is 721. The van der Waals surface area contributed by atoms with Gasteiger partial charge in [-0.05, 0) is 31.4 Å². The van der Waals surface area contributed by atoms with Crippen LogP contribution in [-0.4, -0.2) is 29.6 Å². The van der Waals surface area contributed by atoms with E-state index < -0.39 is 11.9 Å². The summed E-state index contributed by atoms with van der Waals surface area (Å²) in [6.07, 6.45) is 25.6. The standard InChI is InChI=1S/C33H57NO4/c1-4-7-9-10-11-12-13-14-15-16-17-18-19-20-21-22-28-37-32(35)30-26-23-27-31(34-30)33(36)38-29(24-6-3)25-8-5-2/h23,26-27,29H,4-22,24-25,28H2,1-3H3. The van der Waals surface area contributed by atoms with E-state index in [1.807, 2.05) is 0 Å². The first-order chi connectivity index (χ1) is 18.6. The molecule has 0 saturated heterocycles. The predicted molar refractivity (Wildman–Crippen MR) is 158 cm³/mol. The Balaban J connectivity index is 2.10. The molecular weight excluding hydrogens is 474 g/mol. The van der Waals surface area contributed by atoms with E-state index in [0.29, 0.717) is 6.61 Å². The van der Waals surface area contributed by atoms with E-state index in [9.17, 15) is 9.59 Å². The number of nitrogens with zero attached hydrogens (tertiary/aromatic N) is 1. The number of esters is 2. The van der Waals surface area contributed by atoms with Crippen molar-refractivity contribution in [2.24, 2.45) is 0 Å². The third-order valence-corrected chi connectivity index (χ3v) is 7.16. The molecule has 5 nitrogen and oxygen atoms in total. The molecule has 0 saturated carbocycles. The summed E-state index contributed by atoms with van der Waals surface area (Å²) in [5, 5.41) is 0. The largest absolute Gasteiger partial charge is 0.461 e. The van der Waals surface area contributed by atoms with Gasteiger partial charge in [0, 0.05) is 0 Å². The van der Waals surface area contributed by atoms with Crippen molar-refractivity contribution in [3.05, 3.63) is 29.6 Å². The van der Waals surface area contributed by atoms with Gasteiger partial charge in [-0.15, -0.1) is 0 Å². The van der Waals surface area contributed by atoms with Gasteiger partial charge in [0.25, 0.3) is 0 Å². The number of carbonyl (C=O) groups is 2. The molecule has 1 atom stereocenters. The van der Waals surface area contributed by atoms with Crippen molar-refractivity contribution in [3.8, 4) is 0 Å². The zero-order valence-corrected chi connectivity index (χ0v) is 24.9. The highest BCUT2D eigenvalue weighted by Gasteiger charge is 2.18. The van der Waals surface area contributed by atoms with Crippen molar-refractivity contribution in [3.63, 3.8) is 0 Å². The monoisotopic (exact) mass is 531 g/mol. The van der Waals surface area contributed by atoms with Gasteiger partial charge in [0.15, 0.2) is 0 Å². The molecule has 1 aromatic rings. The first kappa shape index (κ1) is 34.1. The lowest BCUT2D eigenvalue weighted by Crippen LogP contribution is -2.20. The molecule has 1 unspecified atom stereocenters. The molecule has 0 aliphatic rings.